The molecule has 1 heterocycles. The van der Waals surface area contributed by atoms with Crippen LogP contribution in [0.25, 0.3) is 0 Å². The minimum absolute atomic E-state index is 0.241. The van der Waals surface area contributed by atoms with E-state index in [1.54, 1.807) is 6.07 Å². The van der Waals surface area contributed by atoms with E-state index in [2.05, 4.69) is 0 Å². The van der Waals surface area contributed by atoms with Crippen molar-refractivity contribution in [3.8, 4) is 5.75 Å². The molecule has 2 rings (SSSR count). The largest absolute Gasteiger partial charge is 0.482 e. The molecule has 0 spiro atoms. The highest BCUT2D eigenvalue weighted by atomic mass is 16.6. The molecule has 0 radical (unpaired) electrons. The van der Waals surface area contributed by atoms with Gasteiger partial charge in [0.25, 0.3) is 5.56 Å². The van der Waals surface area contributed by atoms with Crippen molar-refractivity contribution in [2.75, 3.05) is 18.9 Å². The minimum Gasteiger partial charge on any atom is -0.482 e. The lowest BCUT2D eigenvalue weighted by Gasteiger charge is -2.12. The predicted molar refractivity (Wildman–Crippen MR) is 103 cm³/mol. The number of aryl methyl sites for hydroxylation is 2. The summed E-state index contributed by atoms with van der Waals surface area (Å²) in [6.07, 6.45) is 0.578. The van der Waals surface area contributed by atoms with E-state index in [9.17, 15) is 19.2 Å². The quantitative estimate of drug-likeness (QED) is 0.507. The van der Waals surface area contributed by atoms with Crippen LogP contribution in [0.4, 0.5) is 5.82 Å². The fourth-order valence-electron chi connectivity index (χ4n) is 2.56. The number of aromatic amines is 1. The van der Waals surface area contributed by atoms with E-state index < -0.39 is 41.8 Å². The number of nitrogen functional groups attached to an aromatic ring is 1. The highest BCUT2D eigenvalue weighted by Gasteiger charge is 2.20. The van der Waals surface area contributed by atoms with Crippen molar-refractivity contribution in [1.82, 2.24) is 9.55 Å². The molecule has 1 aromatic carbocycles. The normalized spacial score (nSPS) is 10.5. The Morgan fingerprint density at radius 1 is 1.18 bits per heavy atom. The van der Waals surface area contributed by atoms with Crippen molar-refractivity contribution in [3.63, 3.8) is 0 Å². The van der Waals surface area contributed by atoms with Gasteiger partial charge in [0.1, 0.15) is 17.1 Å². The Morgan fingerprint density at radius 2 is 1.89 bits per heavy atom. The molecule has 0 fully saturated rings. The fraction of sp³-hybridized carbons (Fsp3) is 0.368. The highest BCUT2D eigenvalue weighted by molar-refractivity contribution is 6.01. The van der Waals surface area contributed by atoms with Crippen molar-refractivity contribution < 1.29 is 19.1 Å². The summed E-state index contributed by atoms with van der Waals surface area (Å²) in [5, 5.41) is 0. The summed E-state index contributed by atoms with van der Waals surface area (Å²) in [5.41, 5.74) is 5.61. The van der Waals surface area contributed by atoms with Gasteiger partial charge < -0.3 is 15.2 Å². The third kappa shape index (κ3) is 4.87. The first-order chi connectivity index (χ1) is 13.2. The van der Waals surface area contributed by atoms with Crippen molar-refractivity contribution in [3.05, 3.63) is 55.7 Å². The third-order valence-electron chi connectivity index (χ3n) is 4.02. The molecule has 0 saturated heterocycles. The van der Waals surface area contributed by atoms with Crippen molar-refractivity contribution in [1.29, 1.82) is 0 Å². The molecule has 0 aliphatic rings. The number of benzene rings is 1. The predicted octanol–water partition coefficient (Wildman–Crippen LogP) is 0.951. The lowest BCUT2D eigenvalue weighted by Crippen LogP contribution is -2.37. The van der Waals surface area contributed by atoms with Crippen molar-refractivity contribution >= 4 is 17.6 Å². The Kier molecular flexibility index (Phi) is 6.75. The summed E-state index contributed by atoms with van der Waals surface area (Å²) in [6.45, 7) is 4.71. The molecule has 9 nitrogen and oxygen atoms in total. The molecule has 0 aliphatic heterocycles. The van der Waals surface area contributed by atoms with E-state index in [1.165, 1.54) is 0 Å². The summed E-state index contributed by atoms with van der Waals surface area (Å²) in [6, 6.07) is 5.56. The maximum atomic E-state index is 12.3. The highest BCUT2D eigenvalue weighted by Crippen LogP contribution is 2.19. The maximum Gasteiger partial charge on any atom is 0.344 e. The molecule has 0 aliphatic carbocycles. The van der Waals surface area contributed by atoms with Crippen LogP contribution in [0, 0.1) is 13.8 Å². The van der Waals surface area contributed by atoms with E-state index in [0.717, 1.165) is 15.7 Å². The molecular formula is C19H23N3O6. The van der Waals surface area contributed by atoms with Crippen LogP contribution >= 0.6 is 0 Å². The van der Waals surface area contributed by atoms with Gasteiger partial charge in [0, 0.05) is 6.54 Å². The molecule has 3 N–H and O–H groups in total. The molecule has 28 heavy (non-hydrogen) atoms. The third-order valence-corrected chi connectivity index (χ3v) is 4.02. The second-order valence-electron chi connectivity index (χ2n) is 6.31. The molecule has 0 bridgehead atoms. The van der Waals surface area contributed by atoms with Gasteiger partial charge in [-0.25, -0.2) is 9.59 Å². The van der Waals surface area contributed by atoms with Gasteiger partial charge in [0.2, 0.25) is 5.78 Å². The topological polar surface area (TPSA) is 133 Å². The Labute approximate surface area is 161 Å². The number of nitrogens with one attached hydrogen (secondary N) is 1. The van der Waals surface area contributed by atoms with Crippen LogP contribution in [0.2, 0.25) is 0 Å². The number of carbonyl (C=O) groups is 2. The van der Waals surface area contributed by atoms with Crippen LogP contribution in [-0.4, -0.2) is 34.5 Å². The number of Topliss-reactive ketones (excluding diaryl/α,β-unsaturated/α-hetero) is 1. The van der Waals surface area contributed by atoms with Crippen LogP contribution in [0.1, 0.15) is 34.8 Å². The minimum atomic E-state index is -0.914. The maximum absolute atomic E-state index is 12.3. The zero-order chi connectivity index (χ0) is 20.8. The van der Waals surface area contributed by atoms with Gasteiger partial charge >= 0.3 is 11.7 Å². The number of ether oxygens (including phenoxy) is 2. The molecule has 9 heteroatoms. The number of nitrogens with zero attached hydrogens (tertiary/aromatic N) is 1. The van der Waals surface area contributed by atoms with E-state index in [-0.39, 0.29) is 12.4 Å². The average molecular weight is 389 g/mol. The summed E-state index contributed by atoms with van der Waals surface area (Å²) in [5.74, 6) is -1.28. The molecular weight excluding hydrogens is 366 g/mol. The van der Waals surface area contributed by atoms with Gasteiger partial charge in [0.15, 0.2) is 13.2 Å². The van der Waals surface area contributed by atoms with Crippen LogP contribution in [0.15, 0.2) is 27.8 Å². The van der Waals surface area contributed by atoms with E-state index in [4.69, 9.17) is 15.2 Å². The molecule has 150 valence electrons. The monoisotopic (exact) mass is 389 g/mol. The lowest BCUT2D eigenvalue weighted by molar-refractivity contribution is -0.144. The van der Waals surface area contributed by atoms with Crippen LogP contribution in [-0.2, 0) is 16.1 Å². The van der Waals surface area contributed by atoms with Gasteiger partial charge in [-0.15, -0.1) is 0 Å². The Balaban J connectivity index is 2.03. The van der Waals surface area contributed by atoms with Gasteiger partial charge in [-0.1, -0.05) is 19.1 Å². The number of rotatable bonds is 8. The van der Waals surface area contributed by atoms with Gasteiger partial charge in [-0.05, 0) is 37.5 Å². The summed E-state index contributed by atoms with van der Waals surface area (Å²) in [4.78, 5) is 49.9. The average Bonchev–Trinajstić information content (AvgIpc) is 2.64. The number of hydrogen-bond donors (Lipinski definition) is 2. The molecule has 0 unspecified atom stereocenters. The first kappa shape index (κ1) is 20.9. The number of carbonyl (C=O) groups excluding carboxylic acids is 2. The molecule has 0 atom stereocenters. The van der Waals surface area contributed by atoms with Gasteiger partial charge in [-0.2, -0.15) is 0 Å². The number of anilines is 1. The number of nitrogens with two attached hydrogens (primary N) is 1. The number of aromatic nitrogens is 2. The van der Waals surface area contributed by atoms with Crippen molar-refractivity contribution in [2.24, 2.45) is 0 Å². The first-order valence-corrected chi connectivity index (χ1v) is 8.76. The number of ketones is 1. The van der Waals surface area contributed by atoms with E-state index >= 15 is 0 Å². The number of esters is 1. The second kappa shape index (κ2) is 9.03. The smallest absolute Gasteiger partial charge is 0.344 e. The summed E-state index contributed by atoms with van der Waals surface area (Å²) >= 11 is 0. The zero-order valence-electron chi connectivity index (χ0n) is 16.0. The van der Waals surface area contributed by atoms with E-state index in [0.29, 0.717) is 12.2 Å². The van der Waals surface area contributed by atoms with Crippen LogP contribution in [0.5, 0.6) is 5.75 Å². The zero-order valence-corrected chi connectivity index (χ0v) is 16.0. The molecule has 1 aromatic heterocycles. The van der Waals surface area contributed by atoms with Gasteiger partial charge in [0.05, 0.1) is 0 Å². The first-order valence-electron chi connectivity index (χ1n) is 8.76. The standard InChI is InChI=1S/C19H23N3O6/c1-4-7-22-17(20)16(18(25)21-19(22)26)13(23)9-28-15(24)10-27-14-8-11(2)5-6-12(14)3/h5-6,8H,4,7,9-10,20H2,1-3H3,(H,21,25,26). The fourth-order valence-corrected chi connectivity index (χ4v) is 2.56. The second-order valence-corrected chi connectivity index (χ2v) is 6.31. The Morgan fingerprint density at radius 3 is 2.57 bits per heavy atom. The summed E-state index contributed by atoms with van der Waals surface area (Å²) in [7, 11) is 0. The van der Waals surface area contributed by atoms with Crippen molar-refractivity contribution in [2.45, 2.75) is 33.7 Å². The van der Waals surface area contributed by atoms with E-state index in [1.807, 2.05) is 37.9 Å². The SMILES string of the molecule is CCCn1c(N)c(C(=O)COC(=O)COc2cc(C)ccc2C)c(=O)[nH]c1=O. The van der Waals surface area contributed by atoms with Crippen LogP contribution in [0.3, 0.4) is 0 Å². The Hall–Kier alpha value is -3.36. The number of hydrogen-bond acceptors (Lipinski definition) is 7. The van der Waals surface area contributed by atoms with Crippen LogP contribution < -0.4 is 21.7 Å². The molecule has 0 amide bonds. The Bertz CT molecular complexity index is 1010. The summed E-state index contributed by atoms with van der Waals surface area (Å²) < 4.78 is 11.4. The lowest BCUT2D eigenvalue weighted by atomic mass is 10.1. The molecule has 0 saturated carbocycles. The van der Waals surface area contributed by atoms with Gasteiger partial charge in [-0.3, -0.25) is 19.1 Å². The number of H-pyrrole nitrogens is 1. The molecule has 2 aromatic rings.